The Morgan fingerprint density at radius 1 is 1.48 bits per heavy atom. The van der Waals surface area contributed by atoms with E-state index < -0.39 is 0 Å². The molecule has 0 aromatic carbocycles. The van der Waals surface area contributed by atoms with Gasteiger partial charge in [-0.05, 0) is 19.3 Å². The summed E-state index contributed by atoms with van der Waals surface area (Å²) in [6.07, 6.45) is 6.55. The van der Waals surface area contributed by atoms with E-state index in [9.17, 15) is 4.79 Å². The van der Waals surface area contributed by atoms with Crippen molar-refractivity contribution in [1.29, 1.82) is 0 Å². The summed E-state index contributed by atoms with van der Waals surface area (Å²) in [6.45, 7) is 4.76. The molecule has 0 spiro atoms. The van der Waals surface area contributed by atoms with Gasteiger partial charge in [0.1, 0.15) is 11.6 Å². The fraction of sp³-hybridized carbons (Fsp3) is 0.533. The lowest BCUT2D eigenvalue weighted by molar-refractivity contribution is 0.0590. The summed E-state index contributed by atoms with van der Waals surface area (Å²) >= 11 is 0. The van der Waals surface area contributed by atoms with Crippen LogP contribution < -0.4 is 0 Å². The van der Waals surface area contributed by atoms with Crippen LogP contribution in [0.4, 0.5) is 0 Å². The predicted molar refractivity (Wildman–Crippen MR) is 76.8 cm³/mol. The molecule has 1 saturated heterocycles. The molecular weight excluding hydrogens is 268 g/mol. The first-order chi connectivity index (χ1) is 10.2. The topological polar surface area (TPSA) is 75.0 Å². The van der Waals surface area contributed by atoms with Gasteiger partial charge in [-0.2, -0.15) is 0 Å². The van der Waals surface area contributed by atoms with E-state index in [1.165, 1.54) is 0 Å². The zero-order valence-electron chi connectivity index (χ0n) is 12.4. The van der Waals surface area contributed by atoms with Crippen molar-refractivity contribution >= 4 is 5.91 Å². The monoisotopic (exact) mass is 288 g/mol. The number of H-pyrrole nitrogens is 1. The minimum absolute atomic E-state index is 0.000417. The second kappa shape index (κ2) is 5.71. The summed E-state index contributed by atoms with van der Waals surface area (Å²) in [6, 6.07) is 1.75. The van der Waals surface area contributed by atoms with Gasteiger partial charge in [0.15, 0.2) is 5.69 Å². The average molecular weight is 288 g/mol. The molecule has 2 aromatic heterocycles. The lowest BCUT2D eigenvalue weighted by atomic mass is 10.0. The Kier molecular flexibility index (Phi) is 3.77. The maximum atomic E-state index is 12.7. The van der Waals surface area contributed by atoms with Crippen molar-refractivity contribution < 1.29 is 9.32 Å². The van der Waals surface area contributed by atoms with Gasteiger partial charge in [-0.1, -0.05) is 19.0 Å². The molecule has 6 nitrogen and oxygen atoms in total. The zero-order valence-corrected chi connectivity index (χ0v) is 12.4. The van der Waals surface area contributed by atoms with Gasteiger partial charge in [0.05, 0.1) is 6.04 Å². The summed E-state index contributed by atoms with van der Waals surface area (Å²) in [5, 5.41) is 3.93. The number of hydrogen-bond acceptors (Lipinski definition) is 4. The average Bonchev–Trinajstić information content (AvgIpc) is 3.18. The first kappa shape index (κ1) is 13.9. The Bertz CT molecular complexity index is 603. The van der Waals surface area contributed by atoms with Crippen LogP contribution in [0.3, 0.4) is 0 Å². The number of carbonyl (C=O) groups is 1. The van der Waals surface area contributed by atoms with Gasteiger partial charge in [-0.3, -0.25) is 4.79 Å². The number of aromatic nitrogens is 3. The molecule has 3 heterocycles. The van der Waals surface area contributed by atoms with Crippen molar-refractivity contribution in [3.63, 3.8) is 0 Å². The number of piperidine rings is 1. The first-order valence-electron chi connectivity index (χ1n) is 7.43. The molecule has 1 N–H and O–H groups in total. The summed E-state index contributed by atoms with van der Waals surface area (Å²) in [5.41, 5.74) is 0.386. The quantitative estimate of drug-likeness (QED) is 0.942. The minimum Gasteiger partial charge on any atom is -0.360 e. The molecule has 0 radical (unpaired) electrons. The third-order valence-corrected chi connectivity index (χ3v) is 3.92. The fourth-order valence-electron chi connectivity index (χ4n) is 2.73. The van der Waals surface area contributed by atoms with Gasteiger partial charge in [0, 0.05) is 30.9 Å². The molecule has 21 heavy (non-hydrogen) atoms. The van der Waals surface area contributed by atoms with Crippen LogP contribution in [-0.4, -0.2) is 32.5 Å². The van der Waals surface area contributed by atoms with E-state index in [0.29, 0.717) is 5.69 Å². The summed E-state index contributed by atoms with van der Waals surface area (Å²) in [7, 11) is 0. The number of aromatic amines is 1. The van der Waals surface area contributed by atoms with Crippen LogP contribution in [0.5, 0.6) is 0 Å². The maximum absolute atomic E-state index is 12.7. The number of hydrogen-bond donors (Lipinski definition) is 1. The van der Waals surface area contributed by atoms with Crippen molar-refractivity contribution in [2.45, 2.75) is 45.1 Å². The van der Waals surface area contributed by atoms with Crippen molar-refractivity contribution in [3.05, 3.63) is 35.7 Å². The largest absolute Gasteiger partial charge is 0.360 e. The SMILES string of the molecule is CC(C)c1cc(C(=O)N2CCCC[C@@H]2c2ncc[nH]2)no1. The van der Waals surface area contributed by atoms with Crippen LogP contribution in [-0.2, 0) is 0 Å². The van der Waals surface area contributed by atoms with E-state index in [0.717, 1.165) is 37.4 Å². The second-order valence-electron chi connectivity index (χ2n) is 5.75. The Labute approximate surface area is 123 Å². The Morgan fingerprint density at radius 3 is 3.00 bits per heavy atom. The van der Waals surface area contributed by atoms with E-state index in [4.69, 9.17) is 4.52 Å². The molecule has 1 fully saturated rings. The van der Waals surface area contributed by atoms with Crippen molar-refractivity contribution in [2.24, 2.45) is 0 Å². The molecule has 1 atom stereocenters. The Morgan fingerprint density at radius 2 is 2.33 bits per heavy atom. The van der Waals surface area contributed by atoms with Crippen LogP contribution in [0, 0.1) is 0 Å². The smallest absolute Gasteiger partial charge is 0.276 e. The van der Waals surface area contributed by atoms with Gasteiger partial charge in [0.2, 0.25) is 0 Å². The van der Waals surface area contributed by atoms with Crippen LogP contribution in [0.25, 0.3) is 0 Å². The molecule has 2 aromatic rings. The van der Waals surface area contributed by atoms with Gasteiger partial charge in [-0.15, -0.1) is 0 Å². The number of amides is 1. The molecule has 0 aliphatic carbocycles. The summed E-state index contributed by atoms with van der Waals surface area (Å²) in [5.74, 6) is 1.73. The van der Waals surface area contributed by atoms with E-state index >= 15 is 0 Å². The molecule has 0 bridgehead atoms. The molecule has 112 valence electrons. The summed E-state index contributed by atoms with van der Waals surface area (Å²) < 4.78 is 5.24. The Hall–Kier alpha value is -2.11. The second-order valence-corrected chi connectivity index (χ2v) is 5.75. The highest BCUT2D eigenvalue weighted by Crippen LogP contribution is 2.30. The van der Waals surface area contributed by atoms with Gasteiger partial charge in [-0.25, -0.2) is 4.98 Å². The van der Waals surface area contributed by atoms with Crippen molar-refractivity contribution in [3.8, 4) is 0 Å². The third kappa shape index (κ3) is 2.70. The number of carbonyl (C=O) groups excluding carboxylic acids is 1. The molecule has 1 amide bonds. The van der Waals surface area contributed by atoms with Crippen LogP contribution in [0.15, 0.2) is 23.0 Å². The van der Waals surface area contributed by atoms with E-state index in [1.54, 1.807) is 18.5 Å². The van der Waals surface area contributed by atoms with Gasteiger partial charge < -0.3 is 14.4 Å². The van der Waals surface area contributed by atoms with Crippen LogP contribution in [0.1, 0.15) is 67.1 Å². The predicted octanol–water partition coefficient (Wildman–Crippen LogP) is 2.89. The summed E-state index contributed by atoms with van der Waals surface area (Å²) in [4.78, 5) is 22.0. The number of likely N-dealkylation sites (tertiary alicyclic amines) is 1. The highest BCUT2D eigenvalue weighted by atomic mass is 16.5. The van der Waals surface area contributed by atoms with Crippen molar-refractivity contribution in [1.82, 2.24) is 20.0 Å². The lowest BCUT2D eigenvalue weighted by Crippen LogP contribution is -2.39. The normalized spacial score (nSPS) is 19.2. The van der Waals surface area contributed by atoms with Gasteiger partial charge >= 0.3 is 0 Å². The van der Waals surface area contributed by atoms with Gasteiger partial charge in [0.25, 0.3) is 5.91 Å². The highest BCUT2D eigenvalue weighted by Gasteiger charge is 2.31. The molecular formula is C15H20N4O2. The molecule has 0 unspecified atom stereocenters. The van der Waals surface area contributed by atoms with E-state index in [1.807, 2.05) is 18.7 Å². The molecule has 1 aliphatic heterocycles. The molecule has 1 aliphatic rings. The minimum atomic E-state index is -0.0771. The van der Waals surface area contributed by atoms with Crippen molar-refractivity contribution in [2.75, 3.05) is 6.54 Å². The first-order valence-corrected chi connectivity index (χ1v) is 7.43. The fourth-order valence-corrected chi connectivity index (χ4v) is 2.73. The third-order valence-electron chi connectivity index (χ3n) is 3.92. The van der Waals surface area contributed by atoms with E-state index in [2.05, 4.69) is 15.1 Å². The standard InChI is InChI=1S/C15H20N4O2/c1-10(2)13-9-11(18-21-13)15(20)19-8-4-3-5-12(19)14-16-6-7-17-14/h6-7,9-10,12H,3-5,8H2,1-2H3,(H,16,17)/t12-/m1/s1. The zero-order chi connectivity index (χ0) is 14.8. The maximum Gasteiger partial charge on any atom is 0.276 e. The number of imidazole rings is 1. The van der Waals surface area contributed by atoms with Crippen LogP contribution >= 0.6 is 0 Å². The van der Waals surface area contributed by atoms with E-state index in [-0.39, 0.29) is 17.9 Å². The number of nitrogens with one attached hydrogen (secondary N) is 1. The number of nitrogens with zero attached hydrogens (tertiary/aromatic N) is 3. The number of rotatable bonds is 3. The molecule has 0 saturated carbocycles. The highest BCUT2D eigenvalue weighted by molar-refractivity contribution is 5.92. The molecule has 6 heteroatoms. The molecule has 3 rings (SSSR count). The lowest BCUT2D eigenvalue weighted by Gasteiger charge is -2.33. The van der Waals surface area contributed by atoms with Crippen LogP contribution in [0.2, 0.25) is 0 Å². The Balaban J connectivity index is 1.83.